The van der Waals surface area contributed by atoms with Crippen molar-refractivity contribution >= 4 is 0 Å². The van der Waals surface area contributed by atoms with Crippen molar-refractivity contribution in [2.75, 3.05) is 0 Å². The molecular weight excluding hydrogens is 282 g/mol. The van der Waals surface area contributed by atoms with Gasteiger partial charge in [0.2, 0.25) is 0 Å². The van der Waals surface area contributed by atoms with Gasteiger partial charge in [-0.25, -0.2) is 0 Å². The fourth-order valence-electron chi connectivity index (χ4n) is 3.44. The van der Waals surface area contributed by atoms with Crippen molar-refractivity contribution in [3.63, 3.8) is 0 Å². The summed E-state index contributed by atoms with van der Waals surface area (Å²) in [7, 11) is 0. The molecule has 0 aliphatic carbocycles. The van der Waals surface area contributed by atoms with Crippen LogP contribution >= 0.6 is 0 Å². The maximum atomic E-state index is 5.97. The largest absolute Gasteiger partial charge is 0.370 e. The third-order valence-corrected chi connectivity index (χ3v) is 4.95. The van der Waals surface area contributed by atoms with Crippen molar-refractivity contribution in [2.24, 2.45) is 5.73 Å². The third-order valence-electron chi connectivity index (χ3n) is 4.95. The van der Waals surface area contributed by atoms with Crippen molar-refractivity contribution in [3.8, 4) is 0 Å². The van der Waals surface area contributed by atoms with Crippen LogP contribution in [0.1, 0.15) is 104 Å². The summed E-state index contributed by atoms with van der Waals surface area (Å²) in [6, 6.07) is 0. The Morgan fingerprint density at radius 3 is 1.83 bits per heavy atom. The number of unbranched alkanes of at least 4 members (excludes halogenated alkanes) is 12. The molecule has 1 rings (SSSR count). The molecule has 0 aromatic rings. The van der Waals surface area contributed by atoms with Crippen LogP contribution in [0.2, 0.25) is 0 Å². The zero-order valence-electron chi connectivity index (χ0n) is 15.7. The molecule has 23 heavy (non-hydrogen) atoms. The fraction of sp³-hybridized carbons (Fsp3) is 0.900. The van der Waals surface area contributed by atoms with Gasteiger partial charge in [0.1, 0.15) is 0 Å². The molecule has 3 nitrogen and oxygen atoms in total. The normalized spacial score (nSPS) is 18.4. The van der Waals surface area contributed by atoms with E-state index in [9.17, 15) is 0 Å². The van der Waals surface area contributed by atoms with Gasteiger partial charge in [-0.3, -0.25) is 0 Å². The molecule has 2 atom stereocenters. The van der Waals surface area contributed by atoms with E-state index in [1.165, 1.54) is 89.9 Å². The molecular formula is C20H41N3. The second-order valence-electron chi connectivity index (χ2n) is 7.22. The topological polar surface area (TPSA) is 41.3 Å². The molecule has 136 valence electrons. The summed E-state index contributed by atoms with van der Waals surface area (Å²) in [5, 5.41) is 3.40. The zero-order chi connectivity index (χ0) is 16.8. The Balaban J connectivity index is 1.80. The number of hydrogen-bond acceptors (Lipinski definition) is 3. The predicted octanol–water partition coefficient (Wildman–Crippen LogP) is 5.47. The molecule has 0 saturated heterocycles. The van der Waals surface area contributed by atoms with Crippen LogP contribution in [0.15, 0.2) is 12.4 Å². The average molecular weight is 324 g/mol. The fourth-order valence-corrected chi connectivity index (χ4v) is 3.44. The van der Waals surface area contributed by atoms with Crippen LogP contribution in [-0.2, 0) is 0 Å². The van der Waals surface area contributed by atoms with E-state index in [-0.39, 0.29) is 6.17 Å². The highest BCUT2D eigenvalue weighted by molar-refractivity contribution is 4.95. The first kappa shape index (κ1) is 20.3. The van der Waals surface area contributed by atoms with Gasteiger partial charge in [0.05, 0.1) is 12.3 Å². The van der Waals surface area contributed by atoms with E-state index in [4.69, 9.17) is 5.73 Å². The molecule has 3 heteroatoms. The van der Waals surface area contributed by atoms with E-state index in [1.807, 2.05) is 13.1 Å². The lowest BCUT2D eigenvalue weighted by Gasteiger charge is -2.28. The molecule has 0 saturated carbocycles. The Bertz CT molecular complexity index is 289. The van der Waals surface area contributed by atoms with Crippen LogP contribution in [0.4, 0.5) is 0 Å². The summed E-state index contributed by atoms with van der Waals surface area (Å²) < 4.78 is 0. The van der Waals surface area contributed by atoms with Crippen molar-refractivity contribution in [1.82, 2.24) is 10.2 Å². The minimum absolute atomic E-state index is 0.105. The number of nitrogens with zero attached hydrogens (tertiary/aromatic N) is 1. The summed E-state index contributed by atoms with van der Waals surface area (Å²) in [5.74, 6) is 0. The van der Waals surface area contributed by atoms with Crippen LogP contribution in [0.5, 0.6) is 0 Å². The molecule has 0 fully saturated rings. The lowest BCUT2D eigenvalue weighted by atomic mass is 10.0. The monoisotopic (exact) mass is 323 g/mol. The predicted molar refractivity (Wildman–Crippen MR) is 102 cm³/mol. The molecule has 1 aliphatic heterocycles. The minimum Gasteiger partial charge on any atom is -0.370 e. The second kappa shape index (κ2) is 13.7. The first-order valence-electron chi connectivity index (χ1n) is 10.2. The highest BCUT2D eigenvalue weighted by Crippen LogP contribution is 2.16. The van der Waals surface area contributed by atoms with E-state index >= 15 is 0 Å². The standard InChI is InChI=1S/C20H41N3/c1-3-4-5-6-7-8-9-10-11-12-13-14-15-16-20-22-17-18-23(20)19(2)21/h17-20,22H,3-16,21H2,1-2H3. The molecule has 2 unspecified atom stereocenters. The average Bonchev–Trinajstić information content (AvgIpc) is 3.00. The first-order valence-corrected chi connectivity index (χ1v) is 10.2. The first-order chi connectivity index (χ1) is 11.3. The number of rotatable bonds is 15. The van der Waals surface area contributed by atoms with Crippen molar-refractivity contribution in [3.05, 3.63) is 12.4 Å². The lowest BCUT2D eigenvalue weighted by Crippen LogP contribution is -2.44. The van der Waals surface area contributed by atoms with Gasteiger partial charge in [-0.1, -0.05) is 84.0 Å². The highest BCUT2D eigenvalue weighted by atomic mass is 15.3. The van der Waals surface area contributed by atoms with Crippen molar-refractivity contribution in [2.45, 2.75) is 116 Å². The molecule has 0 aromatic carbocycles. The SMILES string of the molecule is CCCCCCCCCCCCCCCC1NC=CN1C(C)N. The van der Waals surface area contributed by atoms with Gasteiger partial charge in [-0.15, -0.1) is 0 Å². The van der Waals surface area contributed by atoms with Gasteiger partial charge in [-0.2, -0.15) is 0 Å². The number of nitrogens with one attached hydrogen (secondary N) is 1. The second-order valence-corrected chi connectivity index (χ2v) is 7.22. The maximum absolute atomic E-state index is 5.97. The highest BCUT2D eigenvalue weighted by Gasteiger charge is 2.20. The summed E-state index contributed by atoms with van der Waals surface area (Å²) in [6.07, 6.45) is 24.2. The molecule has 0 radical (unpaired) electrons. The van der Waals surface area contributed by atoms with Crippen LogP contribution < -0.4 is 11.1 Å². The van der Waals surface area contributed by atoms with Crippen LogP contribution in [0.3, 0.4) is 0 Å². The van der Waals surface area contributed by atoms with Gasteiger partial charge in [-0.05, 0) is 19.8 Å². The molecule has 1 aliphatic rings. The van der Waals surface area contributed by atoms with Crippen molar-refractivity contribution < 1.29 is 0 Å². The summed E-state index contributed by atoms with van der Waals surface area (Å²) in [4.78, 5) is 2.22. The molecule has 0 aromatic heterocycles. The van der Waals surface area contributed by atoms with Gasteiger partial charge < -0.3 is 16.0 Å². The molecule has 0 spiro atoms. The Morgan fingerprint density at radius 1 is 0.870 bits per heavy atom. The van der Waals surface area contributed by atoms with Gasteiger partial charge >= 0.3 is 0 Å². The third kappa shape index (κ3) is 9.91. The Kier molecular flexibility index (Phi) is 12.1. The molecule has 3 N–H and O–H groups in total. The summed E-state index contributed by atoms with van der Waals surface area (Å²) in [5.41, 5.74) is 5.97. The smallest absolute Gasteiger partial charge is 0.0995 e. The van der Waals surface area contributed by atoms with Gasteiger partial charge in [0.25, 0.3) is 0 Å². The van der Waals surface area contributed by atoms with Crippen LogP contribution in [0.25, 0.3) is 0 Å². The minimum atomic E-state index is 0.105. The molecule has 0 amide bonds. The summed E-state index contributed by atoms with van der Waals surface area (Å²) >= 11 is 0. The van der Waals surface area contributed by atoms with E-state index in [1.54, 1.807) is 0 Å². The Hall–Kier alpha value is -0.700. The number of nitrogens with two attached hydrogens (primary N) is 1. The Labute approximate surface area is 145 Å². The van der Waals surface area contributed by atoms with Crippen molar-refractivity contribution in [1.29, 1.82) is 0 Å². The van der Waals surface area contributed by atoms with E-state index in [0.29, 0.717) is 6.17 Å². The lowest BCUT2D eigenvalue weighted by molar-refractivity contribution is 0.208. The van der Waals surface area contributed by atoms with Gasteiger partial charge in [0.15, 0.2) is 0 Å². The van der Waals surface area contributed by atoms with E-state index < -0.39 is 0 Å². The quantitative estimate of drug-likeness (QED) is 0.392. The summed E-state index contributed by atoms with van der Waals surface area (Å²) in [6.45, 7) is 4.34. The molecule has 0 bridgehead atoms. The zero-order valence-corrected chi connectivity index (χ0v) is 15.7. The van der Waals surface area contributed by atoms with E-state index in [0.717, 1.165) is 0 Å². The number of hydrogen-bond donors (Lipinski definition) is 2. The van der Waals surface area contributed by atoms with Crippen LogP contribution in [0, 0.1) is 0 Å². The Morgan fingerprint density at radius 2 is 1.35 bits per heavy atom. The van der Waals surface area contributed by atoms with E-state index in [2.05, 4.69) is 23.3 Å². The maximum Gasteiger partial charge on any atom is 0.0995 e. The molecule has 1 heterocycles. The van der Waals surface area contributed by atoms with Crippen LogP contribution in [-0.4, -0.2) is 17.2 Å². The van der Waals surface area contributed by atoms with Gasteiger partial charge in [0, 0.05) is 12.4 Å².